The lowest BCUT2D eigenvalue weighted by atomic mass is 10.1. The average molecular weight is 335 g/mol. The minimum Gasteiger partial charge on any atom is -0.347 e. The molecule has 106 valence electrons. The van der Waals surface area contributed by atoms with Crippen molar-refractivity contribution in [2.75, 3.05) is 0 Å². The zero-order valence-corrected chi connectivity index (χ0v) is 13.4. The lowest BCUT2D eigenvalue weighted by molar-refractivity contribution is 0.0941. The fourth-order valence-electron chi connectivity index (χ4n) is 2.09. The zero-order valence-electron chi connectivity index (χ0n) is 11.8. The van der Waals surface area contributed by atoms with Crippen LogP contribution in [0.1, 0.15) is 35.5 Å². The standard InChI is InChI=1S/C16H19BrN2O/c1-3-12-5-7-13(8-6-12)10-18-16(20)15-9-14(17)11-19(15)4-2/h5-9,11H,3-4,10H2,1-2H3,(H,18,20). The molecule has 1 amide bonds. The molecular weight excluding hydrogens is 316 g/mol. The zero-order chi connectivity index (χ0) is 14.5. The second-order valence-corrected chi connectivity index (χ2v) is 5.60. The molecule has 2 aromatic rings. The Morgan fingerprint density at radius 2 is 1.85 bits per heavy atom. The summed E-state index contributed by atoms with van der Waals surface area (Å²) in [7, 11) is 0. The smallest absolute Gasteiger partial charge is 0.268 e. The number of nitrogens with zero attached hydrogens (tertiary/aromatic N) is 1. The Morgan fingerprint density at radius 1 is 1.20 bits per heavy atom. The number of carbonyl (C=O) groups is 1. The van der Waals surface area contributed by atoms with Crippen molar-refractivity contribution in [2.45, 2.75) is 33.4 Å². The van der Waals surface area contributed by atoms with Gasteiger partial charge >= 0.3 is 0 Å². The normalized spacial score (nSPS) is 10.6. The summed E-state index contributed by atoms with van der Waals surface area (Å²) in [6, 6.07) is 10.2. The van der Waals surface area contributed by atoms with E-state index in [2.05, 4.69) is 52.4 Å². The van der Waals surface area contributed by atoms with Gasteiger partial charge in [0.1, 0.15) is 5.69 Å². The third-order valence-electron chi connectivity index (χ3n) is 3.32. The molecule has 20 heavy (non-hydrogen) atoms. The van der Waals surface area contributed by atoms with Gasteiger partial charge in [-0.2, -0.15) is 0 Å². The van der Waals surface area contributed by atoms with Gasteiger partial charge in [-0.1, -0.05) is 31.2 Å². The lowest BCUT2D eigenvalue weighted by Crippen LogP contribution is -2.25. The van der Waals surface area contributed by atoms with Crippen molar-refractivity contribution in [3.05, 3.63) is 57.8 Å². The predicted octanol–water partition coefficient (Wildman–Crippen LogP) is 3.76. The van der Waals surface area contributed by atoms with Crippen molar-refractivity contribution < 1.29 is 4.79 Å². The highest BCUT2D eigenvalue weighted by Crippen LogP contribution is 2.15. The molecule has 4 heteroatoms. The third kappa shape index (κ3) is 3.51. The van der Waals surface area contributed by atoms with E-state index in [0.29, 0.717) is 12.2 Å². The first-order valence-corrected chi connectivity index (χ1v) is 7.65. The van der Waals surface area contributed by atoms with Crippen LogP contribution in [-0.4, -0.2) is 10.5 Å². The largest absolute Gasteiger partial charge is 0.347 e. The fraction of sp³-hybridized carbons (Fsp3) is 0.312. The molecule has 0 bridgehead atoms. The summed E-state index contributed by atoms with van der Waals surface area (Å²) in [4.78, 5) is 12.2. The molecule has 0 radical (unpaired) electrons. The first-order chi connectivity index (χ1) is 9.63. The van der Waals surface area contributed by atoms with Crippen LogP contribution in [0, 0.1) is 0 Å². The van der Waals surface area contributed by atoms with Crippen molar-refractivity contribution in [1.82, 2.24) is 9.88 Å². The highest BCUT2D eigenvalue weighted by molar-refractivity contribution is 9.10. The quantitative estimate of drug-likeness (QED) is 0.887. The summed E-state index contributed by atoms with van der Waals surface area (Å²) in [5.41, 5.74) is 3.11. The van der Waals surface area contributed by atoms with Crippen molar-refractivity contribution in [2.24, 2.45) is 0 Å². The van der Waals surface area contributed by atoms with Crippen LogP contribution < -0.4 is 5.32 Å². The Balaban J connectivity index is 2.00. The number of rotatable bonds is 5. The molecule has 0 saturated heterocycles. The maximum absolute atomic E-state index is 12.2. The summed E-state index contributed by atoms with van der Waals surface area (Å²) in [5, 5.41) is 2.96. The number of hydrogen-bond donors (Lipinski definition) is 1. The van der Waals surface area contributed by atoms with E-state index < -0.39 is 0 Å². The number of nitrogens with one attached hydrogen (secondary N) is 1. The minimum absolute atomic E-state index is 0.0443. The van der Waals surface area contributed by atoms with E-state index in [1.165, 1.54) is 5.56 Å². The monoisotopic (exact) mass is 334 g/mol. The molecule has 0 aliphatic heterocycles. The highest BCUT2D eigenvalue weighted by atomic mass is 79.9. The Morgan fingerprint density at radius 3 is 2.45 bits per heavy atom. The summed E-state index contributed by atoms with van der Waals surface area (Å²) in [5.74, 6) is -0.0443. The number of benzene rings is 1. The van der Waals surface area contributed by atoms with Crippen LogP contribution in [0.4, 0.5) is 0 Å². The Bertz CT molecular complexity index is 587. The summed E-state index contributed by atoms with van der Waals surface area (Å²) >= 11 is 3.40. The second kappa shape index (κ2) is 6.75. The van der Waals surface area contributed by atoms with Gasteiger partial charge in [-0.05, 0) is 46.5 Å². The summed E-state index contributed by atoms with van der Waals surface area (Å²) in [6.45, 7) is 5.48. The minimum atomic E-state index is -0.0443. The first-order valence-electron chi connectivity index (χ1n) is 6.85. The van der Waals surface area contributed by atoms with Gasteiger partial charge < -0.3 is 9.88 Å². The molecule has 3 nitrogen and oxygen atoms in total. The lowest BCUT2D eigenvalue weighted by Gasteiger charge is -2.08. The molecule has 1 heterocycles. The molecule has 0 spiro atoms. The van der Waals surface area contributed by atoms with Crippen molar-refractivity contribution in [3.8, 4) is 0 Å². The van der Waals surface area contributed by atoms with Crippen LogP contribution in [-0.2, 0) is 19.5 Å². The van der Waals surface area contributed by atoms with Crippen molar-refractivity contribution in [3.63, 3.8) is 0 Å². The van der Waals surface area contributed by atoms with E-state index >= 15 is 0 Å². The van der Waals surface area contributed by atoms with E-state index in [-0.39, 0.29) is 5.91 Å². The summed E-state index contributed by atoms with van der Waals surface area (Å²) in [6.07, 6.45) is 2.95. The van der Waals surface area contributed by atoms with Gasteiger partial charge in [0.25, 0.3) is 5.91 Å². The van der Waals surface area contributed by atoms with Crippen LogP contribution in [0.25, 0.3) is 0 Å². The van der Waals surface area contributed by atoms with E-state index in [9.17, 15) is 4.79 Å². The number of halogens is 1. The number of amides is 1. The van der Waals surface area contributed by atoms with Gasteiger partial charge in [0.15, 0.2) is 0 Å². The van der Waals surface area contributed by atoms with Crippen molar-refractivity contribution >= 4 is 21.8 Å². The van der Waals surface area contributed by atoms with Gasteiger partial charge in [-0.25, -0.2) is 0 Å². The van der Waals surface area contributed by atoms with Crippen LogP contribution >= 0.6 is 15.9 Å². The topological polar surface area (TPSA) is 34.0 Å². The Hall–Kier alpha value is -1.55. The average Bonchev–Trinajstić information content (AvgIpc) is 2.86. The molecule has 0 aliphatic rings. The van der Waals surface area contributed by atoms with Crippen molar-refractivity contribution in [1.29, 1.82) is 0 Å². The SMILES string of the molecule is CCc1ccc(CNC(=O)c2cc(Br)cn2CC)cc1. The van der Waals surface area contributed by atoms with E-state index in [4.69, 9.17) is 0 Å². The van der Waals surface area contributed by atoms with Gasteiger partial charge in [0.2, 0.25) is 0 Å². The van der Waals surface area contributed by atoms with Gasteiger partial charge in [0.05, 0.1) is 0 Å². The van der Waals surface area contributed by atoms with Crippen LogP contribution in [0.15, 0.2) is 41.0 Å². The molecule has 0 unspecified atom stereocenters. The number of hydrogen-bond acceptors (Lipinski definition) is 1. The molecule has 0 fully saturated rings. The predicted molar refractivity (Wildman–Crippen MR) is 84.8 cm³/mol. The number of aromatic nitrogens is 1. The van der Waals surface area contributed by atoms with Crippen LogP contribution in [0.2, 0.25) is 0 Å². The number of aryl methyl sites for hydroxylation is 2. The third-order valence-corrected chi connectivity index (χ3v) is 3.75. The van der Waals surface area contributed by atoms with Gasteiger partial charge in [-0.3, -0.25) is 4.79 Å². The van der Waals surface area contributed by atoms with E-state index in [1.807, 2.05) is 23.8 Å². The van der Waals surface area contributed by atoms with Crippen LogP contribution in [0.5, 0.6) is 0 Å². The summed E-state index contributed by atoms with van der Waals surface area (Å²) < 4.78 is 2.86. The highest BCUT2D eigenvalue weighted by Gasteiger charge is 2.11. The molecule has 0 atom stereocenters. The van der Waals surface area contributed by atoms with E-state index in [0.717, 1.165) is 23.0 Å². The van der Waals surface area contributed by atoms with E-state index in [1.54, 1.807) is 0 Å². The first kappa shape index (κ1) is 14.9. The molecule has 0 aliphatic carbocycles. The molecule has 1 N–H and O–H groups in total. The van der Waals surface area contributed by atoms with Gasteiger partial charge in [-0.15, -0.1) is 0 Å². The molecule has 1 aromatic carbocycles. The molecular formula is C16H19BrN2O. The molecule has 1 aromatic heterocycles. The maximum Gasteiger partial charge on any atom is 0.268 e. The van der Waals surface area contributed by atoms with Crippen LogP contribution in [0.3, 0.4) is 0 Å². The fourth-order valence-corrected chi connectivity index (χ4v) is 2.56. The molecule has 2 rings (SSSR count). The Kier molecular flexibility index (Phi) is 5.01. The maximum atomic E-state index is 12.2. The second-order valence-electron chi connectivity index (χ2n) is 4.68. The Labute approximate surface area is 128 Å². The van der Waals surface area contributed by atoms with Gasteiger partial charge in [0, 0.05) is 23.8 Å². The number of carbonyl (C=O) groups excluding carboxylic acids is 1. The molecule has 0 saturated carbocycles.